The van der Waals surface area contributed by atoms with Crippen LogP contribution < -0.4 is 10.9 Å². The summed E-state index contributed by atoms with van der Waals surface area (Å²) in [5.41, 5.74) is 2.78. The Morgan fingerprint density at radius 1 is 1.07 bits per heavy atom. The van der Waals surface area contributed by atoms with Gasteiger partial charge in [0, 0.05) is 25.9 Å². The lowest BCUT2D eigenvalue weighted by atomic mass is 10.1. The number of para-hydroxylation sites is 1. The van der Waals surface area contributed by atoms with Crippen LogP contribution in [0, 0.1) is 0 Å². The van der Waals surface area contributed by atoms with Gasteiger partial charge in [-0.25, -0.2) is 4.98 Å². The molecule has 0 fully saturated rings. The highest BCUT2D eigenvalue weighted by molar-refractivity contribution is 5.78. The van der Waals surface area contributed by atoms with Crippen LogP contribution in [0.3, 0.4) is 0 Å². The van der Waals surface area contributed by atoms with Gasteiger partial charge in [0.1, 0.15) is 5.82 Å². The molecule has 1 amide bonds. The maximum atomic E-state index is 12.2. The minimum atomic E-state index is -0.173. The van der Waals surface area contributed by atoms with Crippen molar-refractivity contribution in [2.75, 3.05) is 14.1 Å². The Kier molecular flexibility index (Phi) is 5.98. The molecule has 1 aromatic heterocycles. The van der Waals surface area contributed by atoms with E-state index < -0.39 is 0 Å². The summed E-state index contributed by atoms with van der Waals surface area (Å²) in [5, 5.41) is 3.52. The van der Waals surface area contributed by atoms with E-state index >= 15 is 0 Å². The van der Waals surface area contributed by atoms with E-state index in [1.165, 1.54) is 5.56 Å². The third-order valence-electron chi connectivity index (χ3n) is 4.33. The Balaban J connectivity index is 1.59. The van der Waals surface area contributed by atoms with E-state index in [-0.39, 0.29) is 17.9 Å². The zero-order valence-corrected chi connectivity index (χ0v) is 15.7. The van der Waals surface area contributed by atoms with E-state index in [1.54, 1.807) is 18.2 Å². The van der Waals surface area contributed by atoms with Crippen LogP contribution in [0.4, 0.5) is 0 Å². The molecule has 1 heterocycles. The highest BCUT2D eigenvalue weighted by atomic mass is 16.1. The molecule has 27 heavy (non-hydrogen) atoms. The number of amides is 1. The summed E-state index contributed by atoms with van der Waals surface area (Å²) in [6.07, 6.45) is 0.669. The summed E-state index contributed by atoms with van der Waals surface area (Å²) in [4.78, 5) is 33.6. The fraction of sp³-hybridized carbons (Fsp3) is 0.286. The molecule has 140 valence electrons. The largest absolute Gasteiger partial charge is 0.352 e. The van der Waals surface area contributed by atoms with Crippen LogP contribution in [0.15, 0.2) is 53.3 Å². The molecular formula is C21H24N4O2. The Morgan fingerprint density at radius 2 is 1.78 bits per heavy atom. The Bertz CT molecular complexity index is 995. The van der Waals surface area contributed by atoms with Crippen LogP contribution in [0.1, 0.15) is 23.4 Å². The number of aryl methyl sites for hydroxylation is 1. The first-order chi connectivity index (χ1) is 13.0. The molecule has 3 aromatic rings. The second-order valence-corrected chi connectivity index (χ2v) is 6.81. The molecule has 2 aromatic carbocycles. The number of aromatic nitrogens is 2. The lowest BCUT2D eigenvalue weighted by Gasteiger charge is -2.14. The van der Waals surface area contributed by atoms with Gasteiger partial charge in [-0.05, 0) is 37.4 Å². The first-order valence-electron chi connectivity index (χ1n) is 8.99. The summed E-state index contributed by atoms with van der Waals surface area (Å²) in [6.45, 7) is 1.32. The summed E-state index contributed by atoms with van der Waals surface area (Å²) >= 11 is 0. The average molecular weight is 364 g/mol. The molecule has 0 aliphatic carbocycles. The van der Waals surface area contributed by atoms with Gasteiger partial charge in [-0.1, -0.05) is 36.4 Å². The topological polar surface area (TPSA) is 78.1 Å². The number of benzene rings is 2. The Hall–Kier alpha value is -2.99. The van der Waals surface area contributed by atoms with Crippen LogP contribution in [0.2, 0.25) is 0 Å². The fourth-order valence-electron chi connectivity index (χ4n) is 2.99. The number of hydrogen-bond donors (Lipinski definition) is 2. The molecule has 0 spiro atoms. The number of fused-ring (bicyclic) bond motifs is 1. The SMILES string of the molecule is CN(C)Cc1ccccc1CNC(=O)CCc1nc2ccccc2c(=O)[nH]1. The molecule has 2 N–H and O–H groups in total. The maximum absolute atomic E-state index is 12.2. The van der Waals surface area contributed by atoms with E-state index in [1.807, 2.05) is 38.4 Å². The predicted molar refractivity (Wildman–Crippen MR) is 106 cm³/mol. The van der Waals surface area contributed by atoms with Crippen molar-refractivity contribution in [3.05, 3.63) is 75.8 Å². The monoisotopic (exact) mass is 364 g/mol. The maximum Gasteiger partial charge on any atom is 0.258 e. The van der Waals surface area contributed by atoms with Crippen molar-refractivity contribution in [1.82, 2.24) is 20.2 Å². The van der Waals surface area contributed by atoms with Gasteiger partial charge in [0.25, 0.3) is 5.56 Å². The number of carbonyl (C=O) groups excluding carboxylic acids is 1. The summed E-state index contributed by atoms with van der Waals surface area (Å²) in [7, 11) is 4.04. The van der Waals surface area contributed by atoms with Gasteiger partial charge in [0.05, 0.1) is 10.9 Å². The summed E-state index contributed by atoms with van der Waals surface area (Å²) in [5.74, 6) is 0.465. The molecule has 0 aliphatic rings. The van der Waals surface area contributed by atoms with Gasteiger partial charge in [0.2, 0.25) is 5.91 Å². The van der Waals surface area contributed by atoms with Gasteiger partial charge in [-0.3, -0.25) is 9.59 Å². The molecular weight excluding hydrogens is 340 g/mol. The van der Waals surface area contributed by atoms with Crippen molar-refractivity contribution in [3.63, 3.8) is 0 Å². The molecule has 0 saturated carbocycles. The average Bonchev–Trinajstić information content (AvgIpc) is 2.65. The second-order valence-electron chi connectivity index (χ2n) is 6.81. The van der Waals surface area contributed by atoms with Crippen LogP contribution >= 0.6 is 0 Å². The molecule has 0 radical (unpaired) electrons. The molecule has 0 unspecified atom stereocenters. The third kappa shape index (κ3) is 5.01. The minimum Gasteiger partial charge on any atom is -0.352 e. The van der Waals surface area contributed by atoms with Crippen molar-refractivity contribution in [2.24, 2.45) is 0 Å². The van der Waals surface area contributed by atoms with Crippen molar-refractivity contribution in [2.45, 2.75) is 25.9 Å². The minimum absolute atomic E-state index is 0.0644. The van der Waals surface area contributed by atoms with E-state index in [0.717, 1.165) is 12.1 Å². The number of H-pyrrole nitrogens is 1. The number of nitrogens with zero attached hydrogens (tertiary/aromatic N) is 2. The van der Waals surface area contributed by atoms with Crippen molar-refractivity contribution < 1.29 is 4.79 Å². The lowest BCUT2D eigenvalue weighted by molar-refractivity contribution is -0.121. The molecule has 3 rings (SSSR count). The van der Waals surface area contributed by atoms with Gasteiger partial charge in [0.15, 0.2) is 0 Å². The smallest absolute Gasteiger partial charge is 0.258 e. The highest BCUT2D eigenvalue weighted by Gasteiger charge is 2.08. The molecule has 0 saturated heterocycles. The zero-order chi connectivity index (χ0) is 19.2. The number of nitrogens with one attached hydrogen (secondary N) is 2. The first kappa shape index (κ1) is 18.8. The van der Waals surface area contributed by atoms with Gasteiger partial charge in [-0.15, -0.1) is 0 Å². The van der Waals surface area contributed by atoms with E-state index in [2.05, 4.69) is 26.3 Å². The van der Waals surface area contributed by atoms with Crippen LogP contribution in [0.25, 0.3) is 10.9 Å². The number of rotatable bonds is 7. The zero-order valence-electron chi connectivity index (χ0n) is 15.7. The van der Waals surface area contributed by atoms with E-state index in [9.17, 15) is 9.59 Å². The highest BCUT2D eigenvalue weighted by Crippen LogP contribution is 2.11. The number of hydrogen-bond acceptors (Lipinski definition) is 4. The first-order valence-corrected chi connectivity index (χ1v) is 8.99. The third-order valence-corrected chi connectivity index (χ3v) is 4.33. The van der Waals surface area contributed by atoms with E-state index in [0.29, 0.717) is 29.7 Å². The standard InChI is InChI=1S/C21H24N4O2/c1-25(2)14-16-8-4-3-7-15(16)13-22-20(26)12-11-19-23-18-10-6-5-9-17(18)21(27)24-19/h3-10H,11-14H2,1-2H3,(H,22,26)(H,23,24,27). The number of aromatic amines is 1. The molecule has 6 heteroatoms. The fourth-order valence-corrected chi connectivity index (χ4v) is 2.99. The van der Waals surface area contributed by atoms with Crippen molar-refractivity contribution in [1.29, 1.82) is 0 Å². The Morgan fingerprint density at radius 3 is 2.56 bits per heavy atom. The molecule has 6 nitrogen and oxygen atoms in total. The second kappa shape index (κ2) is 8.60. The quantitative estimate of drug-likeness (QED) is 0.674. The van der Waals surface area contributed by atoms with Gasteiger partial charge in [-0.2, -0.15) is 0 Å². The summed E-state index contributed by atoms with van der Waals surface area (Å²) < 4.78 is 0. The number of carbonyl (C=O) groups is 1. The summed E-state index contributed by atoms with van der Waals surface area (Å²) in [6, 6.07) is 15.3. The normalized spacial score (nSPS) is 11.1. The predicted octanol–water partition coefficient (Wildman–Crippen LogP) is 2.23. The molecule has 0 aliphatic heterocycles. The van der Waals surface area contributed by atoms with Crippen LogP contribution in [0.5, 0.6) is 0 Å². The lowest BCUT2D eigenvalue weighted by Crippen LogP contribution is -2.25. The molecule has 0 atom stereocenters. The van der Waals surface area contributed by atoms with Crippen LogP contribution in [-0.2, 0) is 24.3 Å². The van der Waals surface area contributed by atoms with Crippen molar-refractivity contribution >= 4 is 16.8 Å². The van der Waals surface area contributed by atoms with Gasteiger partial charge >= 0.3 is 0 Å². The molecule has 0 bridgehead atoms. The van der Waals surface area contributed by atoms with E-state index in [4.69, 9.17) is 0 Å². The van der Waals surface area contributed by atoms with Crippen LogP contribution in [-0.4, -0.2) is 34.9 Å². The van der Waals surface area contributed by atoms with Crippen molar-refractivity contribution in [3.8, 4) is 0 Å². The Labute approximate surface area is 158 Å². The van der Waals surface area contributed by atoms with Gasteiger partial charge < -0.3 is 15.2 Å².